The lowest BCUT2D eigenvalue weighted by molar-refractivity contribution is -0.117. The number of rotatable bonds is 8. The maximum Gasteiger partial charge on any atom is 0.321 e. The van der Waals surface area contributed by atoms with Gasteiger partial charge in [0.2, 0.25) is 5.91 Å². The molecule has 10 heteroatoms. The zero-order chi connectivity index (χ0) is 21.5. The molecule has 31 heavy (non-hydrogen) atoms. The van der Waals surface area contributed by atoms with Gasteiger partial charge in [-0.25, -0.2) is 4.79 Å². The van der Waals surface area contributed by atoms with Gasteiger partial charge in [0.15, 0.2) is 11.0 Å². The molecule has 0 atom stereocenters. The zero-order valence-corrected chi connectivity index (χ0v) is 17.2. The number of nitrogens with one attached hydrogen (secondary N) is 2. The maximum absolute atomic E-state index is 12.2. The van der Waals surface area contributed by atoms with Crippen LogP contribution in [0.3, 0.4) is 0 Å². The highest BCUT2D eigenvalue weighted by molar-refractivity contribution is 7.99. The monoisotopic (exact) mass is 437 g/mol. The standard InChI is InChI=1S/C21H19N5O4S/c27-18(23-20(28)22-12-16-8-4-10-29-16)14-31-21-25-24-19(15-6-2-1-3-7-15)26(21)13-17-9-5-11-30-17/h1-11H,12-14H2,(H2,22,23,27,28). The molecule has 9 nitrogen and oxygen atoms in total. The molecule has 3 amide bonds. The molecule has 1 aromatic carbocycles. The van der Waals surface area contributed by atoms with Gasteiger partial charge in [0, 0.05) is 5.56 Å². The lowest BCUT2D eigenvalue weighted by atomic mass is 10.2. The van der Waals surface area contributed by atoms with Gasteiger partial charge in [0.1, 0.15) is 11.5 Å². The second-order valence-corrected chi connectivity index (χ2v) is 7.38. The summed E-state index contributed by atoms with van der Waals surface area (Å²) < 4.78 is 12.5. The van der Waals surface area contributed by atoms with Crippen molar-refractivity contribution in [3.8, 4) is 11.4 Å². The third kappa shape index (κ3) is 5.43. The van der Waals surface area contributed by atoms with Crippen molar-refractivity contribution in [1.82, 2.24) is 25.4 Å². The number of urea groups is 1. The van der Waals surface area contributed by atoms with Gasteiger partial charge in [-0.2, -0.15) is 0 Å². The number of carbonyl (C=O) groups is 2. The Morgan fingerprint density at radius 1 is 0.935 bits per heavy atom. The number of benzene rings is 1. The van der Waals surface area contributed by atoms with E-state index in [1.807, 2.05) is 47.0 Å². The molecule has 4 rings (SSSR count). The van der Waals surface area contributed by atoms with Crippen molar-refractivity contribution in [1.29, 1.82) is 0 Å². The number of nitrogens with zero attached hydrogens (tertiary/aromatic N) is 3. The molecule has 0 saturated carbocycles. The van der Waals surface area contributed by atoms with E-state index < -0.39 is 11.9 Å². The molecule has 0 saturated heterocycles. The Morgan fingerprint density at radius 3 is 2.39 bits per heavy atom. The molecule has 0 bridgehead atoms. The van der Waals surface area contributed by atoms with Crippen LogP contribution in [0.15, 0.2) is 81.1 Å². The molecule has 0 spiro atoms. The molecule has 158 valence electrons. The van der Waals surface area contributed by atoms with Crippen LogP contribution in [0.1, 0.15) is 11.5 Å². The van der Waals surface area contributed by atoms with Crippen LogP contribution in [0.2, 0.25) is 0 Å². The fourth-order valence-corrected chi connectivity index (χ4v) is 3.55. The van der Waals surface area contributed by atoms with E-state index in [4.69, 9.17) is 8.83 Å². The summed E-state index contributed by atoms with van der Waals surface area (Å²) in [6, 6.07) is 16.2. The van der Waals surface area contributed by atoms with Crippen LogP contribution in [-0.4, -0.2) is 32.5 Å². The number of hydrogen-bond acceptors (Lipinski definition) is 7. The fourth-order valence-electron chi connectivity index (χ4n) is 2.81. The normalized spacial score (nSPS) is 10.7. The van der Waals surface area contributed by atoms with E-state index >= 15 is 0 Å². The van der Waals surface area contributed by atoms with Gasteiger partial charge in [0.05, 0.1) is 31.4 Å². The molecule has 0 aliphatic carbocycles. The second kappa shape index (κ2) is 9.81. The lowest BCUT2D eigenvalue weighted by Crippen LogP contribution is -2.39. The van der Waals surface area contributed by atoms with E-state index in [-0.39, 0.29) is 12.3 Å². The van der Waals surface area contributed by atoms with Crippen molar-refractivity contribution in [2.45, 2.75) is 18.2 Å². The van der Waals surface area contributed by atoms with Gasteiger partial charge in [-0.05, 0) is 24.3 Å². The topological polar surface area (TPSA) is 115 Å². The second-order valence-electron chi connectivity index (χ2n) is 6.44. The van der Waals surface area contributed by atoms with E-state index in [9.17, 15) is 9.59 Å². The molecule has 0 aliphatic rings. The summed E-state index contributed by atoms with van der Waals surface area (Å²) in [6.45, 7) is 0.606. The Morgan fingerprint density at radius 2 is 1.68 bits per heavy atom. The minimum atomic E-state index is -0.593. The smallest absolute Gasteiger partial charge is 0.321 e. The fraction of sp³-hybridized carbons (Fsp3) is 0.143. The van der Waals surface area contributed by atoms with E-state index in [2.05, 4.69) is 20.8 Å². The average Bonchev–Trinajstić information content (AvgIpc) is 3.55. The molecule has 4 aromatic rings. The summed E-state index contributed by atoms with van der Waals surface area (Å²) in [6.07, 6.45) is 3.11. The number of amides is 3. The number of furan rings is 2. The Kier molecular flexibility index (Phi) is 6.48. The first kappa shape index (κ1) is 20.5. The van der Waals surface area contributed by atoms with Gasteiger partial charge in [0.25, 0.3) is 0 Å². The molecule has 3 heterocycles. The van der Waals surface area contributed by atoms with Crippen LogP contribution in [-0.2, 0) is 17.9 Å². The zero-order valence-electron chi connectivity index (χ0n) is 16.4. The van der Waals surface area contributed by atoms with E-state index in [1.54, 1.807) is 18.4 Å². The molecule has 0 fully saturated rings. The average molecular weight is 437 g/mol. The van der Waals surface area contributed by atoms with Gasteiger partial charge in [-0.15, -0.1) is 10.2 Å². The van der Waals surface area contributed by atoms with E-state index in [0.717, 1.165) is 11.3 Å². The SMILES string of the molecule is O=C(CSc1nnc(-c2ccccc2)n1Cc1ccco1)NC(=O)NCc1ccco1. The molecule has 0 radical (unpaired) electrons. The van der Waals surface area contributed by atoms with Gasteiger partial charge in [-0.1, -0.05) is 42.1 Å². The molecule has 0 unspecified atom stereocenters. The van der Waals surface area contributed by atoms with Gasteiger partial charge < -0.3 is 14.2 Å². The van der Waals surface area contributed by atoms with Crippen molar-refractivity contribution in [2.24, 2.45) is 0 Å². The summed E-state index contributed by atoms with van der Waals surface area (Å²) in [4.78, 5) is 24.1. The van der Waals surface area contributed by atoms with Gasteiger partial charge >= 0.3 is 6.03 Å². The first-order valence-corrected chi connectivity index (χ1v) is 10.4. The predicted molar refractivity (Wildman–Crippen MR) is 113 cm³/mol. The highest BCUT2D eigenvalue weighted by Crippen LogP contribution is 2.25. The number of carbonyl (C=O) groups excluding carboxylic acids is 2. The molecular weight excluding hydrogens is 418 g/mol. The lowest BCUT2D eigenvalue weighted by Gasteiger charge is -2.09. The quantitative estimate of drug-likeness (QED) is 0.406. The van der Waals surface area contributed by atoms with Crippen LogP contribution >= 0.6 is 11.8 Å². The number of thioether (sulfide) groups is 1. The van der Waals surface area contributed by atoms with Crippen molar-refractivity contribution < 1.29 is 18.4 Å². The Bertz CT molecular complexity index is 1120. The highest BCUT2D eigenvalue weighted by Gasteiger charge is 2.17. The molecular formula is C21H19N5O4S. The van der Waals surface area contributed by atoms with Crippen LogP contribution in [0.4, 0.5) is 4.79 Å². The highest BCUT2D eigenvalue weighted by atomic mass is 32.2. The largest absolute Gasteiger partial charge is 0.467 e. The Hall–Kier alpha value is -3.79. The Labute approximate surface area is 181 Å². The third-order valence-corrected chi connectivity index (χ3v) is 5.20. The minimum Gasteiger partial charge on any atom is -0.467 e. The number of aromatic nitrogens is 3. The predicted octanol–water partition coefficient (Wildman–Crippen LogP) is 3.30. The van der Waals surface area contributed by atoms with Crippen molar-refractivity contribution in [2.75, 3.05) is 5.75 Å². The van der Waals surface area contributed by atoms with Crippen molar-refractivity contribution >= 4 is 23.7 Å². The first-order valence-electron chi connectivity index (χ1n) is 9.43. The third-order valence-electron chi connectivity index (χ3n) is 4.23. The summed E-state index contributed by atoms with van der Waals surface area (Å²) in [5, 5.41) is 13.9. The molecule has 2 N–H and O–H groups in total. The van der Waals surface area contributed by atoms with Crippen LogP contribution in [0.5, 0.6) is 0 Å². The molecule has 3 aromatic heterocycles. The number of imide groups is 1. The summed E-state index contributed by atoms with van der Waals surface area (Å²) in [7, 11) is 0. The van der Waals surface area contributed by atoms with E-state index in [1.165, 1.54) is 18.0 Å². The van der Waals surface area contributed by atoms with Crippen LogP contribution in [0.25, 0.3) is 11.4 Å². The minimum absolute atomic E-state index is 0.000744. The van der Waals surface area contributed by atoms with Crippen LogP contribution < -0.4 is 10.6 Å². The number of hydrogen-bond donors (Lipinski definition) is 2. The van der Waals surface area contributed by atoms with Crippen molar-refractivity contribution in [3.05, 3.63) is 78.6 Å². The molecule has 0 aliphatic heterocycles. The Balaban J connectivity index is 1.40. The summed E-state index contributed by atoms with van der Waals surface area (Å²) in [5.41, 5.74) is 0.898. The van der Waals surface area contributed by atoms with E-state index in [0.29, 0.717) is 23.3 Å². The van der Waals surface area contributed by atoms with Crippen LogP contribution in [0, 0.1) is 0 Å². The summed E-state index contributed by atoms with van der Waals surface area (Å²) in [5.74, 6) is 1.54. The first-order chi connectivity index (χ1) is 15.2. The van der Waals surface area contributed by atoms with Crippen molar-refractivity contribution in [3.63, 3.8) is 0 Å². The maximum atomic E-state index is 12.2. The summed E-state index contributed by atoms with van der Waals surface area (Å²) >= 11 is 1.19. The van der Waals surface area contributed by atoms with Gasteiger partial charge in [-0.3, -0.25) is 14.7 Å².